The summed E-state index contributed by atoms with van der Waals surface area (Å²) in [4.78, 5) is 39.3. The molecule has 2 saturated heterocycles. The number of carbonyl (C=O) groups excluding carboxylic acids is 3. The van der Waals surface area contributed by atoms with E-state index in [0.717, 1.165) is 0 Å². The van der Waals surface area contributed by atoms with Gasteiger partial charge in [-0.1, -0.05) is 6.92 Å². The van der Waals surface area contributed by atoms with Gasteiger partial charge < -0.3 is 43.8 Å². The fraction of sp³-hybridized carbons (Fsp3) is 0.741. The standard InChI is InChI=1S/C27H36O12/c1-13(29)37-16-3-4-19(30)27(12-36-25-22(33)21(32)20(31)18(10-28)39-25)7-5-15-24(34)38-17(14-6-8-35-11-14)9-26(15,2)23(16)27/h6,8,11,15-18,20-23,25,28,31-33H,3-5,7,9-10,12H2,1-2H3/t15-,16-,17-,18+,20+,21-,22+,23-,25+,26+,27+/m0/s1. The van der Waals surface area contributed by atoms with Gasteiger partial charge >= 0.3 is 11.9 Å². The first-order chi connectivity index (χ1) is 18.5. The molecule has 4 fully saturated rings. The number of fused-ring (bicyclic) bond motifs is 3. The van der Waals surface area contributed by atoms with Crippen LogP contribution in [0.5, 0.6) is 0 Å². The Morgan fingerprint density at radius 3 is 2.59 bits per heavy atom. The topological polar surface area (TPSA) is 182 Å². The van der Waals surface area contributed by atoms with Gasteiger partial charge in [0, 0.05) is 24.8 Å². The van der Waals surface area contributed by atoms with Crippen molar-refractivity contribution in [1.29, 1.82) is 0 Å². The number of rotatable bonds is 6. The average Bonchev–Trinajstić information content (AvgIpc) is 3.43. The summed E-state index contributed by atoms with van der Waals surface area (Å²) < 4.78 is 28.3. The van der Waals surface area contributed by atoms with Crippen LogP contribution in [-0.4, -0.2) is 88.2 Å². The highest BCUT2D eigenvalue weighted by Gasteiger charge is 2.67. The number of cyclic esters (lactones) is 1. The SMILES string of the molecule is CC(=O)O[C@H]1CCC(=O)[C@]2(CO[C@@H]3O[C@H](CO)[C@@H](O)[C@H](O)[C@H]3O)CC[C@H]3C(=O)O[C@H](c4ccoc4)C[C@@]3(C)[C@H]12. The maximum absolute atomic E-state index is 13.8. The molecule has 216 valence electrons. The number of Topliss-reactive ketones (excluding diaryl/α,β-unsaturated/α-hetero) is 1. The summed E-state index contributed by atoms with van der Waals surface area (Å²) in [5.74, 6) is -2.18. The lowest BCUT2D eigenvalue weighted by Crippen LogP contribution is -2.66. The van der Waals surface area contributed by atoms with Crippen LogP contribution in [0.4, 0.5) is 0 Å². The van der Waals surface area contributed by atoms with Crippen molar-refractivity contribution >= 4 is 17.7 Å². The van der Waals surface area contributed by atoms with E-state index in [4.69, 9.17) is 23.4 Å². The van der Waals surface area contributed by atoms with Crippen LogP contribution in [0.3, 0.4) is 0 Å². The zero-order valence-electron chi connectivity index (χ0n) is 21.9. The van der Waals surface area contributed by atoms with Gasteiger partial charge in [0.15, 0.2) is 6.29 Å². The molecule has 3 heterocycles. The van der Waals surface area contributed by atoms with E-state index in [2.05, 4.69) is 0 Å². The molecule has 0 spiro atoms. The van der Waals surface area contributed by atoms with Gasteiger partial charge in [0.2, 0.25) is 0 Å². The highest BCUT2D eigenvalue weighted by atomic mass is 16.7. The Hall–Kier alpha value is -2.35. The van der Waals surface area contributed by atoms with Crippen LogP contribution in [0.2, 0.25) is 0 Å². The monoisotopic (exact) mass is 552 g/mol. The molecule has 2 aliphatic carbocycles. The van der Waals surface area contributed by atoms with Crippen molar-refractivity contribution in [1.82, 2.24) is 0 Å². The highest BCUT2D eigenvalue weighted by Crippen LogP contribution is 2.64. The van der Waals surface area contributed by atoms with Gasteiger partial charge in [0.1, 0.15) is 42.4 Å². The van der Waals surface area contributed by atoms with Crippen molar-refractivity contribution in [2.45, 2.75) is 88.9 Å². The molecule has 11 atom stereocenters. The van der Waals surface area contributed by atoms with E-state index in [9.17, 15) is 34.8 Å². The Morgan fingerprint density at radius 2 is 1.92 bits per heavy atom. The zero-order chi connectivity index (χ0) is 28.1. The highest BCUT2D eigenvalue weighted by molar-refractivity contribution is 5.87. The fourth-order valence-electron chi connectivity index (χ4n) is 7.50. The molecule has 2 aliphatic heterocycles. The van der Waals surface area contributed by atoms with E-state index >= 15 is 0 Å². The smallest absolute Gasteiger partial charge is 0.310 e. The molecular weight excluding hydrogens is 516 g/mol. The number of ketones is 1. The molecule has 0 bridgehead atoms. The maximum Gasteiger partial charge on any atom is 0.310 e. The molecule has 0 unspecified atom stereocenters. The predicted octanol–water partition coefficient (Wildman–Crippen LogP) is 0.398. The molecule has 1 aromatic rings. The second-order valence-electron chi connectivity index (χ2n) is 11.5. The number of ether oxygens (including phenoxy) is 4. The lowest BCUT2D eigenvalue weighted by molar-refractivity contribution is -0.311. The lowest BCUT2D eigenvalue weighted by atomic mass is 9.44. The summed E-state index contributed by atoms with van der Waals surface area (Å²) >= 11 is 0. The predicted molar refractivity (Wildman–Crippen MR) is 128 cm³/mol. The van der Waals surface area contributed by atoms with E-state index in [0.29, 0.717) is 24.8 Å². The molecule has 5 rings (SSSR count). The van der Waals surface area contributed by atoms with Gasteiger partial charge in [-0.05, 0) is 37.2 Å². The number of hydrogen-bond acceptors (Lipinski definition) is 12. The third-order valence-corrected chi connectivity index (χ3v) is 9.32. The normalized spacial score (nSPS) is 44.2. The van der Waals surface area contributed by atoms with Crippen molar-refractivity contribution in [3.8, 4) is 0 Å². The summed E-state index contributed by atoms with van der Waals surface area (Å²) in [5.41, 5.74) is -1.34. The van der Waals surface area contributed by atoms with Gasteiger partial charge in [-0.25, -0.2) is 0 Å². The van der Waals surface area contributed by atoms with Gasteiger partial charge in [-0.2, -0.15) is 0 Å². The van der Waals surface area contributed by atoms with Crippen LogP contribution in [-0.2, 0) is 33.3 Å². The van der Waals surface area contributed by atoms with E-state index in [-0.39, 0.29) is 25.2 Å². The fourth-order valence-corrected chi connectivity index (χ4v) is 7.50. The van der Waals surface area contributed by atoms with Crippen molar-refractivity contribution in [3.63, 3.8) is 0 Å². The Labute approximate surface area is 225 Å². The molecule has 12 heteroatoms. The zero-order valence-corrected chi connectivity index (χ0v) is 21.9. The first-order valence-corrected chi connectivity index (χ1v) is 13.4. The summed E-state index contributed by atoms with van der Waals surface area (Å²) in [5, 5.41) is 40.4. The third kappa shape index (κ3) is 4.70. The Morgan fingerprint density at radius 1 is 1.15 bits per heavy atom. The Kier molecular flexibility index (Phi) is 7.64. The van der Waals surface area contributed by atoms with Crippen LogP contribution >= 0.6 is 0 Å². The number of aliphatic hydroxyl groups is 4. The average molecular weight is 553 g/mol. The van der Waals surface area contributed by atoms with Crippen LogP contribution in [0, 0.1) is 22.7 Å². The van der Waals surface area contributed by atoms with Crippen LogP contribution < -0.4 is 0 Å². The van der Waals surface area contributed by atoms with Crippen LogP contribution in [0.25, 0.3) is 0 Å². The first kappa shape index (κ1) is 28.2. The van der Waals surface area contributed by atoms with Gasteiger partial charge in [0.25, 0.3) is 0 Å². The summed E-state index contributed by atoms with van der Waals surface area (Å²) in [7, 11) is 0. The number of furan rings is 1. The third-order valence-electron chi connectivity index (χ3n) is 9.32. The van der Waals surface area contributed by atoms with E-state index < -0.39 is 84.1 Å². The van der Waals surface area contributed by atoms with Crippen LogP contribution in [0.1, 0.15) is 57.6 Å². The molecule has 4 N–H and O–H groups in total. The Balaban J connectivity index is 1.50. The lowest BCUT2D eigenvalue weighted by Gasteiger charge is -2.61. The number of esters is 2. The van der Waals surface area contributed by atoms with E-state index in [1.165, 1.54) is 19.5 Å². The first-order valence-electron chi connectivity index (χ1n) is 13.4. The number of carbonyl (C=O) groups is 3. The summed E-state index contributed by atoms with van der Waals surface area (Å²) in [6, 6.07) is 1.72. The second-order valence-corrected chi connectivity index (χ2v) is 11.5. The van der Waals surface area contributed by atoms with Crippen molar-refractivity contribution in [2.75, 3.05) is 13.2 Å². The van der Waals surface area contributed by atoms with Gasteiger partial charge in [-0.3, -0.25) is 14.4 Å². The molecule has 39 heavy (non-hydrogen) atoms. The summed E-state index contributed by atoms with van der Waals surface area (Å²) in [6.07, 6.45) is -4.37. The maximum atomic E-state index is 13.8. The molecule has 0 radical (unpaired) electrons. The molecule has 4 aliphatic rings. The van der Waals surface area contributed by atoms with Crippen molar-refractivity contribution in [3.05, 3.63) is 24.2 Å². The minimum Gasteiger partial charge on any atom is -0.472 e. The van der Waals surface area contributed by atoms with Gasteiger partial charge in [0.05, 0.1) is 37.1 Å². The molecule has 12 nitrogen and oxygen atoms in total. The Bertz CT molecular complexity index is 1070. The van der Waals surface area contributed by atoms with E-state index in [1.54, 1.807) is 6.07 Å². The molecule has 1 aromatic heterocycles. The van der Waals surface area contributed by atoms with Crippen LogP contribution in [0.15, 0.2) is 23.0 Å². The van der Waals surface area contributed by atoms with Crippen molar-refractivity contribution < 1.29 is 58.2 Å². The molecular formula is C27H36O12. The molecule has 0 amide bonds. The van der Waals surface area contributed by atoms with E-state index in [1.807, 2.05) is 6.92 Å². The summed E-state index contributed by atoms with van der Waals surface area (Å²) in [6.45, 7) is 2.36. The van der Waals surface area contributed by atoms with Gasteiger partial charge in [-0.15, -0.1) is 0 Å². The largest absolute Gasteiger partial charge is 0.472 e. The minimum atomic E-state index is -1.64. The number of hydrogen-bond donors (Lipinski definition) is 4. The second kappa shape index (κ2) is 10.6. The van der Waals surface area contributed by atoms with Crippen molar-refractivity contribution in [2.24, 2.45) is 22.7 Å². The number of aliphatic hydroxyl groups excluding tert-OH is 4. The quantitative estimate of drug-likeness (QED) is 0.357. The minimum absolute atomic E-state index is 0.112. The molecule has 2 saturated carbocycles. The molecule has 0 aromatic carbocycles.